The van der Waals surface area contributed by atoms with Gasteiger partial charge in [-0.25, -0.2) is 9.97 Å². The lowest BCUT2D eigenvalue weighted by atomic mass is 10.2. The third-order valence-corrected chi connectivity index (χ3v) is 5.49. The van der Waals surface area contributed by atoms with E-state index in [1.165, 1.54) is 24.9 Å². The molecule has 0 unspecified atom stereocenters. The first kappa shape index (κ1) is 17.8. The van der Waals surface area contributed by atoms with E-state index in [4.69, 9.17) is 0 Å². The van der Waals surface area contributed by atoms with Crippen LogP contribution in [-0.2, 0) is 0 Å². The Morgan fingerprint density at radius 1 is 0.778 bits per heavy atom. The summed E-state index contributed by atoms with van der Waals surface area (Å²) in [7, 11) is 0. The maximum Gasteiger partial charge on any atom is 0.272 e. The van der Waals surface area contributed by atoms with Crippen LogP contribution >= 0.6 is 0 Å². The highest BCUT2D eigenvalue weighted by Gasteiger charge is 2.22. The summed E-state index contributed by atoms with van der Waals surface area (Å²) in [5.74, 6) is 0.902. The summed E-state index contributed by atoms with van der Waals surface area (Å²) < 4.78 is 0. The van der Waals surface area contributed by atoms with Crippen molar-refractivity contribution in [3.05, 3.63) is 48.4 Å². The predicted octanol–water partition coefficient (Wildman–Crippen LogP) is 2.82. The number of piperazine rings is 1. The molecule has 6 nitrogen and oxygen atoms in total. The molecule has 1 amide bonds. The fourth-order valence-corrected chi connectivity index (χ4v) is 3.91. The number of amides is 1. The maximum atomic E-state index is 12.8. The molecule has 2 fully saturated rings. The molecule has 6 heteroatoms. The molecule has 2 aliphatic heterocycles. The third-order valence-electron chi connectivity index (χ3n) is 5.49. The van der Waals surface area contributed by atoms with Gasteiger partial charge in [0, 0.05) is 51.0 Å². The van der Waals surface area contributed by atoms with E-state index in [1.54, 1.807) is 0 Å². The van der Waals surface area contributed by atoms with Gasteiger partial charge >= 0.3 is 0 Å². The maximum absolute atomic E-state index is 12.8. The van der Waals surface area contributed by atoms with Crippen molar-refractivity contribution in [2.24, 2.45) is 0 Å². The quantitative estimate of drug-likeness (QED) is 0.837. The summed E-state index contributed by atoms with van der Waals surface area (Å²) in [6.45, 7) is 5.36. The summed E-state index contributed by atoms with van der Waals surface area (Å²) in [5.41, 5.74) is 1.78. The van der Waals surface area contributed by atoms with Crippen molar-refractivity contribution in [1.29, 1.82) is 0 Å². The molecule has 0 spiro atoms. The molecule has 1 aromatic heterocycles. The number of hydrogen-bond donors (Lipinski definition) is 0. The molecule has 0 aliphatic carbocycles. The number of nitrogens with zero attached hydrogens (tertiary/aromatic N) is 5. The van der Waals surface area contributed by atoms with Gasteiger partial charge in [0.2, 0.25) is 0 Å². The van der Waals surface area contributed by atoms with Crippen molar-refractivity contribution in [3.8, 4) is 0 Å². The number of benzene rings is 1. The summed E-state index contributed by atoms with van der Waals surface area (Å²) in [4.78, 5) is 28.1. The summed E-state index contributed by atoms with van der Waals surface area (Å²) in [6, 6.07) is 12.4. The second-order valence-electron chi connectivity index (χ2n) is 7.28. The second kappa shape index (κ2) is 8.37. The Hall–Kier alpha value is -2.63. The Labute approximate surface area is 160 Å². The molecule has 3 heterocycles. The van der Waals surface area contributed by atoms with Crippen LogP contribution in [0.15, 0.2) is 42.7 Å². The highest BCUT2D eigenvalue weighted by molar-refractivity contribution is 5.93. The van der Waals surface area contributed by atoms with E-state index >= 15 is 0 Å². The Kier molecular flexibility index (Phi) is 5.51. The number of para-hydroxylation sites is 1. The van der Waals surface area contributed by atoms with Crippen molar-refractivity contribution in [3.63, 3.8) is 0 Å². The predicted molar refractivity (Wildman–Crippen MR) is 107 cm³/mol. The van der Waals surface area contributed by atoms with Crippen molar-refractivity contribution < 1.29 is 4.79 Å². The molecule has 0 saturated carbocycles. The standard InChI is InChI=1S/C21H27N5O/c27-21(26-10-6-1-2-7-11-26)19-16-20(23-17-22-19)25-14-12-24(13-15-25)18-8-4-3-5-9-18/h3-5,8-9,16-17H,1-2,6-7,10-15H2. The van der Waals surface area contributed by atoms with E-state index in [9.17, 15) is 4.79 Å². The number of hydrogen-bond acceptors (Lipinski definition) is 5. The average molecular weight is 365 g/mol. The number of anilines is 2. The Morgan fingerprint density at radius 3 is 2.15 bits per heavy atom. The first-order chi connectivity index (χ1) is 13.3. The average Bonchev–Trinajstić information content (AvgIpc) is 3.04. The third kappa shape index (κ3) is 4.21. The molecule has 1 aromatic carbocycles. The molecule has 2 saturated heterocycles. The fourth-order valence-electron chi connectivity index (χ4n) is 3.91. The van der Waals surface area contributed by atoms with Crippen molar-refractivity contribution in [2.45, 2.75) is 25.7 Å². The van der Waals surface area contributed by atoms with E-state index < -0.39 is 0 Å². The normalized spacial score (nSPS) is 18.3. The zero-order valence-electron chi connectivity index (χ0n) is 15.8. The molecule has 0 radical (unpaired) electrons. The summed E-state index contributed by atoms with van der Waals surface area (Å²) in [5, 5.41) is 0. The van der Waals surface area contributed by atoms with E-state index in [-0.39, 0.29) is 5.91 Å². The van der Waals surface area contributed by atoms with Crippen LogP contribution in [0.1, 0.15) is 36.2 Å². The van der Waals surface area contributed by atoms with Crippen molar-refractivity contribution in [1.82, 2.24) is 14.9 Å². The van der Waals surface area contributed by atoms with Crippen LogP contribution in [0, 0.1) is 0 Å². The zero-order chi connectivity index (χ0) is 18.5. The van der Waals surface area contributed by atoms with Crippen molar-refractivity contribution >= 4 is 17.4 Å². The molecule has 4 rings (SSSR count). The van der Waals surface area contributed by atoms with Gasteiger partial charge in [-0.15, -0.1) is 0 Å². The number of aromatic nitrogens is 2. The lowest BCUT2D eigenvalue weighted by Gasteiger charge is -2.36. The number of likely N-dealkylation sites (tertiary alicyclic amines) is 1. The van der Waals surface area contributed by atoms with E-state index in [2.05, 4.69) is 44.0 Å². The molecule has 2 aliphatic rings. The molecule has 0 N–H and O–H groups in total. The smallest absolute Gasteiger partial charge is 0.272 e. The lowest BCUT2D eigenvalue weighted by Crippen LogP contribution is -2.47. The van der Waals surface area contributed by atoms with E-state index in [1.807, 2.05) is 17.0 Å². The van der Waals surface area contributed by atoms with Crippen LogP contribution < -0.4 is 9.80 Å². The second-order valence-corrected chi connectivity index (χ2v) is 7.28. The fraction of sp³-hybridized carbons (Fsp3) is 0.476. The molecule has 2 aromatic rings. The van der Waals surface area contributed by atoms with Gasteiger partial charge in [0.1, 0.15) is 17.8 Å². The van der Waals surface area contributed by atoms with Gasteiger partial charge in [-0.2, -0.15) is 0 Å². The largest absolute Gasteiger partial charge is 0.368 e. The topological polar surface area (TPSA) is 52.6 Å². The van der Waals surface area contributed by atoms with Crippen LogP contribution in [0.25, 0.3) is 0 Å². The zero-order valence-corrected chi connectivity index (χ0v) is 15.8. The van der Waals surface area contributed by atoms with Gasteiger partial charge in [0.05, 0.1) is 0 Å². The summed E-state index contributed by atoms with van der Waals surface area (Å²) in [6.07, 6.45) is 6.13. The molecule has 0 atom stereocenters. The van der Waals surface area contributed by atoms with Crippen molar-refractivity contribution in [2.75, 3.05) is 49.1 Å². The van der Waals surface area contributed by atoms with Crippen LogP contribution in [0.4, 0.5) is 11.5 Å². The number of carbonyl (C=O) groups excluding carboxylic acids is 1. The molecule has 0 bridgehead atoms. The minimum atomic E-state index is 0.0449. The monoisotopic (exact) mass is 365 g/mol. The van der Waals surface area contributed by atoms with E-state index in [0.717, 1.165) is 57.9 Å². The number of rotatable bonds is 3. The van der Waals surface area contributed by atoms with Gasteiger partial charge in [-0.3, -0.25) is 4.79 Å². The Balaban J connectivity index is 1.41. The van der Waals surface area contributed by atoms with Crippen LogP contribution in [0.3, 0.4) is 0 Å². The molecular formula is C21H27N5O. The first-order valence-corrected chi connectivity index (χ1v) is 9.97. The Bertz CT molecular complexity index is 750. The van der Waals surface area contributed by atoms with Crippen LogP contribution in [0.2, 0.25) is 0 Å². The summed E-state index contributed by atoms with van der Waals surface area (Å²) >= 11 is 0. The van der Waals surface area contributed by atoms with E-state index in [0.29, 0.717) is 5.69 Å². The minimum Gasteiger partial charge on any atom is -0.368 e. The first-order valence-electron chi connectivity index (χ1n) is 9.97. The minimum absolute atomic E-state index is 0.0449. The van der Waals surface area contributed by atoms with Crippen LogP contribution in [-0.4, -0.2) is 60.0 Å². The number of carbonyl (C=O) groups is 1. The molecule has 27 heavy (non-hydrogen) atoms. The Morgan fingerprint density at radius 2 is 1.44 bits per heavy atom. The van der Waals surface area contributed by atoms with Gasteiger partial charge in [-0.1, -0.05) is 31.0 Å². The van der Waals surface area contributed by atoms with Gasteiger partial charge in [0.15, 0.2) is 0 Å². The van der Waals surface area contributed by atoms with Gasteiger partial charge in [0.25, 0.3) is 5.91 Å². The molecule has 142 valence electrons. The highest BCUT2D eigenvalue weighted by atomic mass is 16.2. The van der Waals surface area contributed by atoms with Crippen LogP contribution in [0.5, 0.6) is 0 Å². The van der Waals surface area contributed by atoms with Gasteiger partial charge < -0.3 is 14.7 Å². The molecular weight excluding hydrogens is 338 g/mol. The highest BCUT2D eigenvalue weighted by Crippen LogP contribution is 2.20. The lowest BCUT2D eigenvalue weighted by molar-refractivity contribution is 0.0755. The SMILES string of the molecule is O=C(c1cc(N2CCN(c3ccccc3)CC2)ncn1)N1CCCCCC1. The van der Waals surface area contributed by atoms with Gasteiger partial charge in [-0.05, 0) is 25.0 Å².